The molecule has 0 bridgehead atoms. The largest absolute Gasteiger partial charge is 0.449 e. The minimum atomic E-state index is -0.939. The smallest absolute Gasteiger partial charge is 0.339 e. The molecular weight excluding hydrogens is 338 g/mol. The van der Waals surface area contributed by atoms with Crippen molar-refractivity contribution < 1.29 is 14.3 Å². The third-order valence-corrected chi connectivity index (χ3v) is 3.99. The Kier molecular flexibility index (Phi) is 5.00. The lowest BCUT2D eigenvalue weighted by atomic mass is 10.0. The summed E-state index contributed by atoms with van der Waals surface area (Å²) in [7, 11) is 0. The summed E-state index contributed by atoms with van der Waals surface area (Å²) in [5, 5.41) is 4.92. The minimum absolute atomic E-state index is 0.421. The molecule has 25 heavy (non-hydrogen) atoms. The van der Waals surface area contributed by atoms with E-state index in [4.69, 9.17) is 16.3 Å². The third-order valence-electron chi connectivity index (χ3n) is 3.75. The zero-order valence-corrected chi connectivity index (χ0v) is 14.3. The molecule has 3 aromatic rings. The van der Waals surface area contributed by atoms with E-state index in [2.05, 4.69) is 5.32 Å². The number of hydrogen-bond donors (Lipinski definition) is 1. The van der Waals surface area contributed by atoms with Crippen LogP contribution in [0.5, 0.6) is 0 Å². The van der Waals surface area contributed by atoms with Gasteiger partial charge in [-0.15, -0.1) is 0 Å². The molecule has 0 saturated carbocycles. The van der Waals surface area contributed by atoms with Crippen LogP contribution in [0.3, 0.4) is 0 Å². The van der Waals surface area contributed by atoms with Gasteiger partial charge in [0.2, 0.25) is 0 Å². The molecule has 0 radical (unpaired) electrons. The Morgan fingerprint density at radius 1 is 1.00 bits per heavy atom. The second-order valence-corrected chi connectivity index (χ2v) is 6.01. The normalized spacial score (nSPS) is 11.8. The fourth-order valence-electron chi connectivity index (χ4n) is 2.49. The van der Waals surface area contributed by atoms with E-state index in [0.29, 0.717) is 16.3 Å². The molecular formula is C20H16ClNO3. The van der Waals surface area contributed by atoms with Crippen molar-refractivity contribution in [2.75, 3.05) is 5.32 Å². The van der Waals surface area contributed by atoms with Crippen LogP contribution < -0.4 is 5.32 Å². The van der Waals surface area contributed by atoms with Gasteiger partial charge in [0.15, 0.2) is 6.10 Å². The molecule has 3 aromatic carbocycles. The van der Waals surface area contributed by atoms with E-state index in [1.807, 2.05) is 30.3 Å². The topological polar surface area (TPSA) is 55.4 Å². The van der Waals surface area contributed by atoms with Crippen molar-refractivity contribution >= 4 is 39.9 Å². The Hall–Kier alpha value is -2.85. The molecule has 0 heterocycles. The summed E-state index contributed by atoms with van der Waals surface area (Å²) in [5.41, 5.74) is 0.978. The predicted molar refractivity (Wildman–Crippen MR) is 98.9 cm³/mol. The Morgan fingerprint density at radius 2 is 1.72 bits per heavy atom. The van der Waals surface area contributed by atoms with Crippen molar-refractivity contribution in [2.24, 2.45) is 0 Å². The van der Waals surface area contributed by atoms with Gasteiger partial charge in [0.1, 0.15) is 0 Å². The third kappa shape index (κ3) is 3.98. The fourth-order valence-corrected chi connectivity index (χ4v) is 2.68. The minimum Gasteiger partial charge on any atom is -0.449 e. The molecule has 1 atom stereocenters. The highest BCUT2D eigenvalue weighted by Crippen LogP contribution is 2.20. The highest BCUT2D eigenvalue weighted by Gasteiger charge is 2.20. The van der Waals surface area contributed by atoms with Crippen LogP contribution >= 0.6 is 11.6 Å². The molecule has 126 valence electrons. The second-order valence-electron chi connectivity index (χ2n) is 5.57. The number of ether oxygens (including phenoxy) is 1. The lowest BCUT2D eigenvalue weighted by molar-refractivity contribution is -0.123. The van der Waals surface area contributed by atoms with E-state index in [1.165, 1.54) is 6.92 Å². The van der Waals surface area contributed by atoms with Gasteiger partial charge < -0.3 is 10.1 Å². The average Bonchev–Trinajstić information content (AvgIpc) is 2.61. The number of nitrogens with one attached hydrogen (secondary N) is 1. The molecule has 0 aliphatic rings. The number of carbonyl (C=O) groups excluding carboxylic acids is 2. The van der Waals surface area contributed by atoms with E-state index in [0.717, 1.165) is 10.8 Å². The first-order chi connectivity index (χ1) is 12.0. The van der Waals surface area contributed by atoms with E-state index < -0.39 is 18.0 Å². The van der Waals surface area contributed by atoms with Crippen LogP contribution in [0.25, 0.3) is 10.8 Å². The highest BCUT2D eigenvalue weighted by atomic mass is 35.5. The van der Waals surface area contributed by atoms with Crippen LogP contribution in [0.1, 0.15) is 17.3 Å². The maximum atomic E-state index is 12.5. The van der Waals surface area contributed by atoms with Crippen molar-refractivity contribution in [3.05, 3.63) is 77.3 Å². The summed E-state index contributed by atoms with van der Waals surface area (Å²) >= 11 is 5.89. The van der Waals surface area contributed by atoms with Gasteiger partial charge in [0, 0.05) is 10.7 Å². The van der Waals surface area contributed by atoms with E-state index in [9.17, 15) is 9.59 Å². The average molecular weight is 354 g/mol. The van der Waals surface area contributed by atoms with Gasteiger partial charge in [-0.25, -0.2) is 4.79 Å². The highest BCUT2D eigenvalue weighted by molar-refractivity contribution is 6.30. The number of benzene rings is 3. The number of fused-ring (bicyclic) bond motifs is 1. The van der Waals surface area contributed by atoms with Gasteiger partial charge >= 0.3 is 5.97 Å². The van der Waals surface area contributed by atoms with Gasteiger partial charge in [-0.05, 0) is 42.0 Å². The molecule has 0 unspecified atom stereocenters. The first-order valence-corrected chi connectivity index (χ1v) is 8.17. The molecule has 0 aromatic heterocycles. The predicted octanol–water partition coefficient (Wildman–Crippen LogP) is 4.68. The first-order valence-electron chi connectivity index (χ1n) is 7.80. The summed E-state index contributed by atoms with van der Waals surface area (Å²) in [5.74, 6) is -0.957. The van der Waals surface area contributed by atoms with Crippen LogP contribution in [0.4, 0.5) is 5.69 Å². The zero-order chi connectivity index (χ0) is 17.8. The molecule has 4 nitrogen and oxygen atoms in total. The Morgan fingerprint density at radius 3 is 2.52 bits per heavy atom. The number of amides is 1. The molecule has 0 fully saturated rings. The lowest BCUT2D eigenvalue weighted by Gasteiger charge is -2.14. The molecule has 1 amide bonds. The molecule has 3 rings (SSSR count). The zero-order valence-electron chi connectivity index (χ0n) is 13.5. The molecule has 0 saturated heterocycles. The standard InChI is InChI=1S/C20H16ClNO3/c1-13(19(23)22-16-9-5-8-15(21)12-16)25-20(24)18-11-4-7-14-6-2-3-10-17(14)18/h2-13H,1H3,(H,22,23)/t13-/m0/s1. The molecule has 0 aliphatic heterocycles. The number of hydrogen-bond acceptors (Lipinski definition) is 3. The summed E-state index contributed by atoms with van der Waals surface area (Å²) in [6, 6.07) is 19.7. The van der Waals surface area contributed by atoms with Crippen LogP contribution in [0.2, 0.25) is 5.02 Å². The second kappa shape index (κ2) is 7.36. The monoisotopic (exact) mass is 353 g/mol. The molecule has 0 aliphatic carbocycles. The van der Waals surface area contributed by atoms with Gasteiger partial charge in [-0.1, -0.05) is 54.1 Å². The van der Waals surface area contributed by atoms with E-state index in [1.54, 1.807) is 36.4 Å². The van der Waals surface area contributed by atoms with Crippen molar-refractivity contribution in [3.8, 4) is 0 Å². The maximum Gasteiger partial charge on any atom is 0.339 e. The van der Waals surface area contributed by atoms with E-state index in [-0.39, 0.29) is 0 Å². The van der Waals surface area contributed by atoms with Crippen LogP contribution in [-0.4, -0.2) is 18.0 Å². The van der Waals surface area contributed by atoms with Crippen molar-refractivity contribution in [2.45, 2.75) is 13.0 Å². The summed E-state index contributed by atoms with van der Waals surface area (Å²) in [6.07, 6.45) is -0.939. The summed E-state index contributed by atoms with van der Waals surface area (Å²) < 4.78 is 5.32. The van der Waals surface area contributed by atoms with Crippen LogP contribution in [0, 0.1) is 0 Å². The summed E-state index contributed by atoms with van der Waals surface area (Å²) in [6.45, 7) is 1.53. The number of carbonyl (C=O) groups is 2. The van der Waals surface area contributed by atoms with Crippen LogP contribution in [0.15, 0.2) is 66.7 Å². The quantitative estimate of drug-likeness (QED) is 0.693. The number of esters is 1. The van der Waals surface area contributed by atoms with Crippen molar-refractivity contribution in [1.82, 2.24) is 0 Å². The maximum absolute atomic E-state index is 12.5. The molecule has 0 spiro atoms. The number of halogens is 1. The van der Waals surface area contributed by atoms with Gasteiger partial charge in [0.25, 0.3) is 5.91 Å². The number of anilines is 1. The Bertz CT molecular complexity index is 934. The number of rotatable bonds is 4. The molecule has 1 N–H and O–H groups in total. The summed E-state index contributed by atoms with van der Waals surface area (Å²) in [4.78, 5) is 24.7. The van der Waals surface area contributed by atoms with Gasteiger partial charge in [-0.2, -0.15) is 0 Å². The molecule has 5 heteroatoms. The van der Waals surface area contributed by atoms with Crippen LogP contribution in [-0.2, 0) is 9.53 Å². The SMILES string of the molecule is C[C@H](OC(=O)c1cccc2ccccc12)C(=O)Nc1cccc(Cl)c1. The van der Waals surface area contributed by atoms with Gasteiger partial charge in [0.05, 0.1) is 5.56 Å². The van der Waals surface area contributed by atoms with Gasteiger partial charge in [-0.3, -0.25) is 4.79 Å². The van der Waals surface area contributed by atoms with Crippen molar-refractivity contribution in [3.63, 3.8) is 0 Å². The lowest BCUT2D eigenvalue weighted by Crippen LogP contribution is -2.30. The first kappa shape index (κ1) is 17.0. The Labute approximate surface area is 150 Å². The van der Waals surface area contributed by atoms with E-state index >= 15 is 0 Å². The fraction of sp³-hybridized carbons (Fsp3) is 0.100. The van der Waals surface area contributed by atoms with Crippen molar-refractivity contribution in [1.29, 1.82) is 0 Å². The Balaban J connectivity index is 1.72.